The quantitative estimate of drug-likeness (QED) is 0.636. The third-order valence-corrected chi connectivity index (χ3v) is 6.96. The van der Waals surface area contributed by atoms with Gasteiger partial charge in [-0.2, -0.15) is 0 Å². The first-order chi connectivity index (χ1) is 15.3. The number of aromatic nitrogens is 2. The SMILES string of the molecule is CC(C(=O)N1CCC(O)(Cn2cnc3cc(Cl)ccc3c2=O)CC1)C(C)c1ccccc1. The summed E-state index contributed by atoms with van der Waals surface area (Å²) in [6, 6.07) is 15.0. The number of piperidine rings is 1. The number of fused-ring (bicyclic) bond motifs is 1. The number of carbonyl (C=O) groups excluding carboxylic acids is 1. The highest BCUT2D eigenvalue weighted by molar-refractivity contribution is 6.31. The number of hydrogen-bond acceptors (Lipinski definition) is 4. The third kappa shape index (κ3) is 4.57. The normalized spacial score (nSPS) is 17.8. The highest BCUT2D eigenvalue weighted by Gasteiger charge is 2.36. The maximum atomic E-state index is 13.1. The fourth-order valence-electron chi connectivity index (χ4n) is 4.41. The van der Waals surface area contributed by atoms with Crippen LogP contribution < -0.4 is 5.56 Å². The van der Waals surface area contributed by atoms with Gasteiger partial charge < -0.3 is 10.0 Å². The molecular formula is C25H28ClN3O3. The smallest absolute Gasteiger partial charge is 0.261 e. The minimum absolute atomic E-state index is 0.102. The molecule has 0 bridgehead atoms. The number of benzene rings is 2. The Morgan fingerprint density at radius 1 is 1.16 bits per heavy atom. The molecule has 0 aliphatic carbocycles. The van der Waals surface area contributed by atoms with E-state index >= 15 is 0 Å². The Kier molecular flexibility index (Phi) is 6.35. The highest BCUT2D eigenvalue weighted by atomic mass is 35.5. The van der Waals surface area contributed by atoms with Crippen LogP contribution >= 0.6 is 11.6 Å². The topological polar surface area (TPSA) is 75.4 Å². The Morgan fingerprint density at radius 3 is 2.53 bits per heavy atom. The number of halogens is 1. The van der Waals surface area contributed by atoms with Gasteiger partial charge >= 0.3 is 0 Å². The van der Waals surface area contributed by atoms with Gasteiger partial charge in [0, 0.05) is 24.0 Å². The molecule has 0 saturated carbocycles. The second-order valence-corrected chi connectivity index (χ2v) is 9.31. The number of hydrogen-bond donors (Lipinski definition) is 1. The van der Waals surface area contributed by atoms with Crippen molar-refractivity contribution in [2.45, 2.75) is 44.8 Å². The molecule has 1 saturated heterocycles. The van der Waals surface area contributed by atoms with Crippen molar-refractivity contribution >= 4 is 28.4 Å². The van der Waals surface area contributed by atoms with Gasteiger partial charge in [-0.3, -0.25) is 14.2 Å². The molecule has 1 fully saturated rings. The number of aliphatic hydroxyl groups is 1. The summed E-state index contributed by atoms with van der Waals surface area (Å²) in [4.78, 5) is 32.1. The number of rotatable bonds is 5. The second-order valence-electron chi connectivity index (χ2n) is 8.88. The van der Waals surface area contributed by atoms with Crippen LogP contribution in [0.4, 0.5) is 0 Å². The number of likely N-dealkylation sites (tertiary alicyclic amines) is 1. The van der Waals surface area contributed by atoms with Gasteiger partial charge in [0.15, 0.2) is 0 Å². The van der Waals surface area contributed by atoms with Crippen LogP contribution in [0.1, 0.15) is 38.2 Å². The standard InChI is InChI=1S/C25H28ClN3O3/c1-17(19-6-4-3-5-7-19)18(2)23(30)28-12-10-25(32,11-13-28)15-29-16-27-22-14-20(26)8-9-21(22)24(29)31/h3-9,14,16-18,32H,10-13,15H2,1-2H3. The second kappa shape index (κ2) is 9.04. The molecule has 168 valence electrons. The lowest BCUT2D eigenvalue weighted by atomic mass is 9.86. The molecule has 1 amide bonds. The Bertz CT molecular complexity index is 1170. The van der Waals surface area contributed by atoms with Crippen LogP contribution in [0.25, 0.3) is 10.9 Å². The molecule has 2 aromatic carbocycles. The summed E-state index contributed by atoms with van der Waals surface area (Å²) in [5.74, 6) is 0.0628. The van der Waals surface area contributed by atoms with Gasteiger partial charge in [-0.05, 0) is 42.5 Å². The molecule has 1 aliphatic rings. The summed E-state index contributed by atoms with van der Waals surface area (Å²) in [5.41, 5.74) is 0.416. The van der Waals surface area contributed by atoms with Crippen molar-refractivity contribution in [2.24, 2.45) is 5.92 Å². The molecule has 2 unspecified atom stereocenters. The van der Waals surface area contributed by atoms with Crippen LogP contribution in [0.2, 0.25) is 5.02 Å². The Hall–Kier alpha value is -2.70. The summed E-state index contributed by atoms with van der Waals surface area (Å²) >= 11 is 5.98. The predicted octanol–water partition coefficient (Wildman–Crippen LogP) is 3.84. The summed E-state index contributed by atoms with van der Waals surface area (Å²) in [5, 5.41) is 12.1. The van der Waals surface area contributed by atoms with E-state index in [0.717, 1.165) is 5.56 Å². The summed E-state index contributed by atoms with van der Waals surface area (Å²) in [6.07, 6.45) is 2.28. The molecule has 0 spiro atoms. The maximum Gasteiger partial charge on any atom is 0.261 e. The van der Waals surface area contributed by atoms with Gasteiger partial charge in [0.2, 0.25) is 5.91 Å². The number of amides is 1. The monoisotopic (exact) mass is 453 g/mol. The number of nitrogens with zero attached hydrogens (tertiary/aromatic N) is 3. The molecular weight excluding hydrogens is 426 g/mol. The molecule has 7 heteroatoms. The first-order valence-electron chi connectivity index (χ1n) is 11.0. The molecule has 3 aromatic rings. The molecule has 2 heterocycles. The van der Waals surface area contributed by atoms with E-state index in [1.807, 2.05) is 42.2 Å². The lowest BCUT2D eigenvalue weighted by molar-refractivity contribution is -0.140. The third-order valence-electron chi connectivity index (χ3n) is 6.72. The van der Waals surface area contributed by atoms with E-state index in [-0.39, 0.29) is 29.8 Å². The van der Waals surface area contributed by atoms with Crippen LogP contribution in [0, 0.1) is 5.92 Å². The summed E-state index contributed by atoms with van der Waals surface area (Å²) in [6.45, 7) is 5.12. The molecule has 6 nitrogen and oxygen atoms in total. The zero-order valence-electron chi connectivity index (χ0n) is 18.4. The van der Waals surface area contributed by atoms with Crippen molar-refractivity contribution in [1.82, 2.24) is 14.5 Å². The van der Waals surface area contributed by atoms with Gasteiger partial charge in [0.05, 0.1) is 29.4 Å². The van der Waals surface area contributed by atoms with E-state index in [1.54, 1.807) is 18.2 Å². The first kappa shape index (κ1) is 22.5. The van der Waals surface area contributed by atoms with Crippen molar-refractivity contribution < 1.29 is 9.90 Å². The van der Waals surface area contributed by atoms with E-state index in [0.29, 0.717) is 41.9 Å². The Labute approximate surface area is 192 Å². The number of carbonyl (C=O) groups is 1. The Morgan fingerprint density at radius 2 is 1.84 bits per heavy atom. The zero-order chi connectivity index (χ0) is 22.9. The van der Waals surface area contributed by atoms with Crippen molar-refractivity contribution in [3.05, 3.63) is 75.8 Å². The van der Waals surface area contributed by atoms with Crippen LogP contribution in [0.15, 0.2) is 59.7 Å². The van der Waals surface area contributed by atoms with Crippen molar-refractivity contribution in [3.8, 4) is 0 Å². The largest absolute Gasteiger partial charge is 0.388 e. The fraction of sp³-hybridized carbons (Fsp3) is 0.400. The van der Waals surface area contributed by atoms with Gasteiger partial charge in [-0.1, -0.05) is 55.8 Å². The molecule has 32 heavy (non-hydrogen) atoms. The van der Waals surface area contributed by atoms with Crippen molar-refractivity contribution in [3.63, 3.8) is 0 Å². The van der Waals surface area contributed by atoms with Crippen LogP contribution in [-0.2, 0) is 11.3 Å². The molecule has 1 aliphatic heterocycles. The fourth-order valence-corrected chi connectivity index (χ4v) is 4.58. The van der Waals surface area contributed by atoms with Gasteiger partial charge in [-0.15, -0.1) is 0 Å². The van der Waals surface area contributed by atoms with Crippen LogP contribution in [0.3, 0.4) is 0 Å². The van der Waals surface area contributed by atoms with Crippen LogP contribution in [-0.4, -0.2) is 44.2 Å². The van der Waals surface area contributed by atoms with Gasteiger partial charge in [0.1, 0.15) is 0 Å². The van der Waals surface area contributed by atoms with E-state index in [2.05, 4.69) is 11.9 Å². The average molecular weight is 454 g/mol. The maximum absolute atomic E-state index is 13.1. The van der Waals surface area contributed by atoms with E-state index < -0.39 is 5.60 Å². The van der Waals surface area contributed by atoms with Crippen LogP contribution in [0.5, 0.6) is 0 Å². The predicted molar refractivity (Wildman–Crippen MR) is 126 cm³/mol. The van der Waals surface area contributed by atoms with Crippen molar-refractivity contribution in [1.29, 1.82) is 0 Å². The zero-order valence-corrected chi connectivity index (χ0v) is 19.1. The first-order valence-corrected chi connectivity index (χ1v) is 11.4. The highest BCUT2D eigenvalue weighted by Crippen LogP contribution is 2.29. The molecule has 0 radical (unpaired) electrons. The minimum Gasteiger partial charge on any atom is -0.388 e. The molecule has 1 N–H and O–H groups in total. The average Bonchev–Trinajstić information content (AvgIpc) is 2.80. The minimum atomic E-state index is -1.06. The van der Waals surface area contributed by atoms with Gasteiger partial charge in [-0.25, -0.2) is 4.98 Å². The van der Waals surface area contributed by atoms with Crippen molar-refractivity contribution in [2.75, 3.05) is 13.1 Å². The van der Waals surface area contributed by atoms with Gasteiger partial charge in [0.25, 0.3) is 5.56 Å². The summed E-state index contributed by atoms with van der Waals surface area (Å²) < 4.78 is 1.45. The molecule has 4 rings (SSSR count). The van der Waals surface area contributed by atoms with E-state index in [1.165, 1.54) is 10.9 Å². The summed E-state index contributed by atoms with van der Waals surface area (Å²) in [7, 11) is 0. The lowest BCUT2D eigenvalue weighted by Gasteiger charge is -2.39. The molecule has 1 aromatic heterocycles. The van der Waals surface area contributed by atoms with E-state index in [4.69, 9.17) is 11.6 Å². The lowest BCUT2D eigenvalue weighted by Crippen LogP contribution is -2.51. The molecule has 2 atom stereocenters. The van der Waals surface area contributed by atoms with E-state index in [9.17, 15) is 14.7 Å². The Balaban J connectivity index is 1.42.